The first-order valence-corrected chi connectivity index (χ1v) is 12.5. The molecule has 0 fully saturated rings. The van der Waals surface area contributed by atoms with Crippen LogP contribution in [0.25, 0.3) is 0 Å². The van der Waals surface area contributed by atoms with Crippen LogP contribution in [0.4, 0.5) is 0 Å². The molecule has 0 unspecified atom stereocenters. The average molecular weight is 497 g/mol. The first-order valence-electron chi connectivity index (χ1n) is 12.5. The van der Waals surface area contributed by atoms with Crippen LogP contribution in [-0.4, -0.2) is 26.5 Å². The molecule has 1 heterocycles. The Hall–Kier alpha value is -4.19. The number of ether oxygens (including phenoxy) is 1. The fourth-order valence-electron chi connectivity index (χ4n) is 4.30. The molecule has 190 valence electrons. The largest absolute Gasteiger partial charge is 0.478 e. The molecule has 0 amide bonds. The molecule has 4 aromatic rings. The van der Waals surface area contributed by atoms with Crippen molar-refractivity contribution in [3.05, 3.63) is 130 Å². The minimum absolute atomic E-state index is 0.0629. The smallest absolute Gasteiger partial charge is 0.347 e. The Labute approximate surface area is 217 Å². The third kappa shape index (κ3) is 6.73. The summed E-state index contributed by atoms with van der Waals surface area (Å²) in [7, 11) is 0. The fourth-order valence-corrected chi connectivity index (χ4v) is 4.30. The Bertz CT molecular complexity index is 1340. The van der Waals surface area contributed by atoms with Gasteiger partial charge in [-0.05, 0) is 68.0 Å². The van der Waals surface area contributed by atoms with Crippen molar-refractivity contribution >= 4 is 5.97 Å². The zero-order chi connectivity index (χ0) is 26.3. The summed E-state index contributed by atoms with van der Waals surface area (Å²) in [6.07, 6.45) is 2.42. The number of carbonyl (C=O) groups is 1. The Morgan fingerprint density at radius 3 is 2.16 bits per heavy atom. The lowest BCUT2D eigenvalue weighted by Gasteiger charge is -2.21. The Balaban J connectivity index is 1.44. The van der Waals surface area contributed by atoms with Crippen molar-refractivity contribution in [3.63, 3.8) is 0 Å². The van der Waals surface area contributed by atoms with Crippen LogP contribution in [0.5, 0.6) is 5.75 Å². The molecule has 0 bridgehead atoms. The predicted octanol–water partition coefficient (Wildman–Crippen LogP) is 5.69. The van der Waals surface area contributed by atoms with Crippen molar-refractivity contribution in [3.8, 4) is 5.75 Å². The number of carboxylic acid groups (broad SMARTS) is 1. The normalized spacial score (nSPS) is 11.4. The molecule has 0 aliphatic rings. The molecule has 37 heavy (non-hydrogen) atoms. The Kier molecular flexibility index (Phi) is 8.18. The summed E-state index contributed by atoms with van der Waals surface area (Å²) in [6, 6.07) is 31.3. The summed E-state index contributed by atoms with van der Waals surface area (Å²) in [5.74, 6) is -0.546. The van der Waals surface area contributed by atoms with E-state index >= 15 is 0 Å². The van der Waals surface area contributed by atoms with Gasteiger partial charge < -0.3 is 9.84 Å². The summed E-state index contributed by atoms with van der Waals surface area (Å²) in [5, 5.41) is 14.1. The number of aryl methyl sites for hydroxylation is 2. The van der Waals surface area contributed by atoms with Crippen LogP contribution in [0.15, 0.2) is 102 Å². The van der Waals surface area contributed by atoms with E-state index in [-0.39, 0.29) is 11.5 Å². The second-order valence-electron chi connectivity index (χ2n) is 9.60. The maximum Gasteiger partial charge on any atom is 0.347 e. The highest BCUT2D eigenvalue weighted by Gasteiger charge is 2.29. The van der Waals surface area contributed by atoms with Gasteiger partial charge in [-0.25, -0.2) is 9.48 Å². The summed E-state index contributed by atoms with van der Waals surface area (Å²) >= 11 is 0. The quantitative estimate of drug-likeness (QED) is 0.270. The minimum Gasteiger partial charge on any atom is -0.478 e. The Morgan fingerprint density at radius 2 is 1.54 bits per heavy atom. The third-order valence-electron chi connectivity index (χ3n) is 6.32. The van der Waals surface area contributed by atoms with Crippen molar-refractivity contribution in [2.75, 3.05) is 0 Å². The van der Waals surface area contributed by atoms with E-state index in [0.717, 1.165) is 41.6 Å². The van der Waals surface area contributed by atoms with Crippen LogP contribution in [0, 0.1) is 0 Å². The van der Waals surface area contributed by atoms with Gasteiger partial charge in [-0.2, -0.15) is 5.10 Å². The lowest BCUT2D eigenvalue weighted by molar-refractivity contribution is -0.152. The molecule has 0 spiro atoms. The first kappa shape index (κ1) is 25.9. The van der Waals surface area contributed by atoms with Crippen LogP contribution in [-0.2, 0) is 17.8 Å². The fraction of sp³-hybridized carbons (Fsp3) is 0.258. The van der Waals surface area contributed by atoms with Gasteiger partial charge in [0.05, 0.1) is 11.6 Å². The van der Waals surface area contributed by atoms with E-state index < -0.39 is 11.6 Å². The van der Waals surface area contributed by atoms with Crippen molar-refractivity contribution in [2.45, 2.75) is 51.2 Å². The second kappa shape index (κ2) is 11.7. The van der Waals surface area contributed by atoms with Gasteiger partial charge >= 0.3 is 5.97 Å². The van der Waals surface area contributed by atoms with Crippen LogP contribution >= 0.6 is 0 Å². The monoisotopic (exact) mass is 496 g/mol. The van der Waals surface area contributed by atoms with Gasteiger partial charge in [0, 0.05) is 12.6 Å². The lowest BCUT2D eigenvalue weighted by atomic mass is 9.88. The summed E-state index contributed by atoms with van der Waals surface area (Å²) in [5.41, 5.74) is 2.73. The van der Waals surface area contributed by atoms with Crippen LogP contribution in [0.2, 0.25) is 0 Å². The molecule has 0 saturated heterocycles. The Morgan fingerprint density at radius 1 is 0.892 bits per heavy atom. The number of carboxylic acids is 1. The van der Waals surface area contributed by atoms with Crippen LogP contribution < -0.4 is 10.3 Å². The summed E-state index contributed by atoms with van der Waals surface area (Å²) in [4.78, 5) is 24.0. The zero-order valence-corrected chi connectivity index (χ0v) is 21.2. The molecule has 4 rings (SSSR count). The van der Waals surface area contributed by atoms with Gasteiger partial charge in [0.2, 0.25) is 0 Å². The SMILES string of the molecule is CC(C)(Oc1cccc(CCCCn2nc(C(c3ccccc3)c3ccccc3)ccc2=O)c1)C(=O)O. The van der Waals surface area contributed by atoms with Gasteiger partial charge in [-0.15, -0.1) is 0 Å². The number of aromatic nitrogens is 2. The van der Waals surface area contributed by atoms with E-state index in [1.807, 2.05) is 60.7 Å². The lowest BCUT2D eigenvalue weighted by Crippen LogP contribution is -2.37. The van der Waals surface area contributed by atoms with Crippen molar-refractivity contribution in [1.82, 2.24) is 9.78 Å². The molecule has 1 aromatic heterocycles. The number of benzene rings is 3. The topological polar surface area (TPSA) is 81.4 Å². The third-order valence-corrected chi connectivity index (χ3v) is 6.32. The van der Waals surface area contributed by atoms with E-state index in [1.165, 1.54) is 13.8 Å². The van der Waals surface area contributed by atoms with Crippen molar-refractivity contribution in [1.29, 1.82) is 0 Å². The van der Waals surface area contributed by atoms with E-state index in [0.29, 0.717) is 12.3 Å². The number of unbranched alkanes of at least 4 members (excludes halogenated alkanes) is 1. The predicted molar refractivity (Wildman–Crippen MR) is 144 cm³/mol. The number of aliphatic carboxylic acids is 1. The second-order valence-corrected chi connectivity index (χ2v) is 9.60. The van der Waals surface area contributed by atoms with Gasteiger partial charge in [0.15, 0.2) is 5.60 Å². The maximum absolute atomic E-state index is 12.6. The molecule has 6 heteroatoms. The van der Waals surface area contributed by atoms with Gasteiger partial charge in [0.1, 0.15) is 5.75 Å². The highest BCUT2D eigenvalue weighted by atomic mass is 16.5. The molecule has 0 aliphatic heterocycles. The highest BCUT2D eigenvalue weighted by molar-refractivity contribution is 5.76. The molecule has 0 atom stereocenters. The molecule has 0 saturated carbocycles. The number of nitrogens with zero attached hydrogens (tertiary/aromatic N) is 2. The van der Waals surface area contributed by atoms with Crippen LogP contribution in [0.1, 0.15) is 55.0 Å². The van der Waals surface area contributed by atoms with Crippen molar-refractivity contribution in [2.24, 2.45) is 0 Å². The molecular formula is C31H32N2O4. The molecular weight excluding hydrogens is 464 g/mol. The van der Waals surface area contributed by atoms with Crippen molar-refractivity contribution < 1.29 is 14.6 Å². The van der Waals surface area contributed by atoms with E-state index in [9.17, 15) is 14.7 Å². The number of hydrogen-bond acceptors (Lipinski definition) is 4. The number of hydrogen-bond donors (Lipinski definition) is 1. The molecule has 6 nitrogen and oxygen atoms in total. The molecule has 3 aromatic carbocycles. The minimum atomic E-state index is -1.30. The van der Waals surface area contributed by atoms with E-state index in [4.69, 9.17) is 9.84 Å². The molecule has 0 radical (unpaired) electrons. The van der Waals surface area contributed by atoms with Gasteiger partial charge in [-0.1, -0.05) is 72.8 Å². The molecule has 1 N–H and O–H groups in total. The highest BCUT2D eigenvalue weighted by Crippen LogP contribution is 2.30. The first-order chi connectivity index (χ1) is 17.8. The van der Waals surface area contributed by atoms with E-state index in [2.05, 4.69) is 24.3 Å². The maximum atomic E-state index is 12.6. The van der Waals surface area contributed by atoms with Gasteiger partial charge in [-0.3, -0.25) is 4.79 Å². The summed E-state index contributed by atoms with van der Waals surface area (Å²) in [6.45, 7) is 3.58. The van der Waals surface area contributed by atoms with Crippen LogP contribution in [0.3, 0.4) is 0 Å². The summed E-state index contributed by atoms with van der Waals surface area (Å²) < 4.78 is 7.21. The van der Waals surface area contributed by atoms with Gasteiger partial charge in [0.25, 0.3) is 5.56 Å². The molecule has 0 aliphatic carbocycles. The standard InChI is InChI=1S/C31H32N2O4/c1-31(2,30(35)36)37-26-18-11-13-23(22-26)12-9-10-21-33-28(34)20-19-27(32-33)29(24-14-5-3-6-15-24)25-16-7-4-8-17-25/h3-8,11,13-20,22,29H,9-10,12,21H2,1-2H3,(H,35,36). The number of rotatable bonds is 11. The zero-order valence-electron chi connectivity index (χ0n) is 21.2. The van der Waals surface area contributed by atoms with E-state index in [1.54, 1.807) is 16.8 Å². The average Bonchev–Trinajstić information content (AvgIpc) is 2.89.